The van der Waals surface area contributed by atoms with Crippen LogP contribution in [0.15, 0.2) is 36.4 Å². The maximum absolute atomic E-state index is 5.64. The van der Waals surface area contributed by atoms with Crippen LogP contribution in [0, 0.1) is 13.8 Å². The van der Waals surface area contributed by atoms with Gasteiger partial charge in [0.1, 0.15) is 11.5 Å². The van der Waals surface area contributed by atoms with Crippen LogP contribution in [0.2, 0.25) is 0 Å². The Kier molecular flexibility index (Phi) is 4.07. The Bertz CT molecular complexity index is 976. The van der Waals surface area contributed by atoms with Gasteiger partial charge < -0.3 is 14.8 Å². The molecule has 2 aromatic carbocycles. The van der Waals surface area contributed by atoms with Crippen LogP contribution >= 0.6 is 0 Å². The maximum Gasteiger partial charge on any atom is 0.170 e. The highest BCUT2D eigenvalue weighted by Crippen LogP contribution is 2.42. The quantitative estimate of drug-likeness (QED) is 0.769. The van der Waals surface area contributed by atoms with E-state index in [0.29, 0.717) is 5.75 Å². The van der Waals surface area contributed by atoms with E-state index in [4.69, 9.17) is 14.6 Å². The average Bonchev–Trinajstić information content (AvgIpc) is 3.26. The zero-order valence-corrected chi connectivity index (χ0v) is 15.6. The van der Waals surface area contributed by atoms with Gasteiger partial charge in [-0.05, 0) is 49.6 Å². The fourth-order valence-corrected chi connectivity index (χ4v) is 3.60. The van der Waals surface area contributed by atoms with E-state index < -0.39 is 0 Å². The first-order valence-corrected chi connectivity index (χ1v) is 8.79. The number of aromatic nitrogens is 2. The second kappa shape index (κ2) is 6.41. The summed E-state index contributed by atoms with van der Waals surface area (Å²) in [6.07, 6.45) is 0.940. The van der Waals surface area contributed by atoms with Gasteiger partial charge >= 0.3 is 0 Å². The van der Waals surface area contributed by atoms with Crippen LogP contribution < -0.4 is 14.8 Å². The summed E-state index contributed by atoms with van der Waals surface area (Å²) in [4.78, 5) is 0. The van der Waals surface area contributed by atoms with Gasteiger partial charge in [0.15, 0.2) is 11.5 Å². The minimum Gasteiger partial charge on any atom is -0.493 e. The van der Waals surface area contributed by atoms with Gasteiger partial charge in [0.05, 0.1) is 19.9 Å². The highest BCUT2D eigenvalue weighted by atomic mass is 16.5. The van der Waals surface area contributed by atoms with Crippen LogP contribution in [0.4, 0.5) is 5.82 Å². The van der Waals surface area contributed by atoms with Gasteiger partial charge in [0.2, 0.25) is 0 Å². The number of benzene rings is 2. The number of para-hydroxylation sites is 1. The summed E-state index contributed by atoms with van der Waals surface area (Å²) in [5.74, 6) is 2.50. The van der Waals surface area contributed by atoms with Crippen LogP contribution in [0.25, 0.3) is 16.9 Å². The monoisotopic (exact) mass is 349 g/mol. The maximum atomic E-state index is 5.64. The number of nitrogens with zero attached hydrogens (tertiary/aromatic N) is 2. The Morgan fingerprint density at radius 3 is 2.62 bits per heavy atom. The molecular formula is C21H23N3O2. The van der Waals surface area contributed by atoms with E-state index in [-0.39, 0.29) is 0 Å². The molecule has 0 amide bonds. The average molecular weight is 349 g/mol. The third-order valence-electron chi connectivity index (χ3n) is 5.11. The van der Waals surface area contributed by atoms with Crippen molar-refractivity contribution in [1.82, 2.24) is 9.78 Å². The molecule has 0 bridgehead atoms. The fourth-order valence-electron chi connectivity index (χ4n) is 3.60. The molecule has 134 valence electrons. The molecule has 0 fully saturated rings. The zero-order chi connectivity index (χ0) is 18.3. The first kappa shape index (κ1) is 16.5. The molecule has 0 saturated carbocycles. The summed E-state index contributed by atoms with van der Waals surface area (Å²) < 4.78 is 13.1. The third kappa shape index (κ3) is 2.43. The molecule has 26 heavy (non-hydrogen) atoms. The summed E-state index contributed by atoms with van der Waals surface area (Å²) in [5, 5.41) is 8.48. The Labute approximate surface area is 153 Å². The van der Waals surface area contributed by atoms with Gasteiger partial charge in [-0.2, -0.15) is 5.10 Å². The standard InChI is InChI=1S/C21H23N3O2/c1-13-7-5-9-17(14(13)2)24-21-16(11-12-22-21)19(23-24)15-8-6-10-18(25-3)20(15)26-4/h5-10,22H,11-12H2,1-4H3. The number of nitrogens with one attached hydrogen (secondary N) is 1. The summed E-state index contributed by atoms with van der Waals surface area (Å²) >= 11 is 0. The van der Waals surface area contributed by atoms with E-state index in [0.717, 1.165) is 41.5 Å². The second-order valence-electron chi connectivity index (χ2n) is 6.52. The van der Waals surface area contributed by atoms with Gasteiger partial charge in [-0.3, -0.25) is 0 Å². The Morgan fingerprint density at radius 2 is 1.85 bits per heavy atom. The molecule has 1 aromatic heterocycles. The molecule has 0 saturated heterocycles. The van der Waals surface area contributed by atoms with Crippen molar-refractivity contribution in [3.05, 3.63) is 53.1 Å². The molecule has 0 unspecified atom stereocenters. The number of ether oxygens (including phenoxy) is 2. The summed E-state index contributed by atoms with van der Waals surface area (Å²) in [6.45, 7) is 5.18. The normalized spacial score (nSPS) is 12.6. The minimum absolute atomic E-state index is 0.714. The van der Waals surface area contributed by atoms with Crippen LogP contribution in [0.5, 0.6) is 11.5 Å². The van der Waals surface area contributed by atoms with Crippen molar-refractivity contribution in [1.29, 1.82) is 0 Å². The molecule has 0 spiro atoms. The molecule has 3 aromatic rings. The number of aryl methyl sites for hydroxylation is 1. The predicted octanol–water partition coefficient (Wildman–Crippen LogP) is 4.14. The molecule has 5 heteroatoms. The molecule has 1 aliphatic rings. The largest absolute Gasteiger partial charge is 0.493 e. The fraction of sp³-hybridized carbons (Fsp3) is 0.286. The van der Waals surface area contributed by atoms with Crippen molar-refractivity contribution in [3.8, 4) is 28.4 Å². The van der Waals surface area contributed by atoms with Gasteiger partial charge in [-0.1, -0.05) is 18.2 Å². The molecule has 1 aliphatic heterocycles. The number of hydrogen-bond acceptors (Lipinski definition) is 4. The van der Waals surface area contributed by atoms with E-state index in [1.165, 1.54) is 16.7 Å². The molecule has 0 aliphatic carbocycles. The van der Waals surface area contributed by atoms with Gasteiger partial charge in [-0.15, -0.1) is 0 Å². The van der Waals surface area contributed by atoms with Crippen molar-refractivity contribution >= 4 is 5.82 Å². The topological polar surface area (TPSA) is 48.3 Å². The summed E-state index contributed by atoms with van der Waals surface area (Å²) in [5.41, 5.74) is 6.71. The van der Waals surface area contributed by atoms with E-state index in [1.54, 1.807) is 14.2 Å². The molecular weight excluding hydrogens is 326 g/mol. The van der Waals surface area contributed by atoms with Gasteiger partial charge in [-0.25, -0.2) is 4.68 Å². The molecule has 5 nitrogen and oxygen atoms in total. The zero-order valence-electron chi connectivity index (χ0n) is 15.6. The summed E-state index contributed by atoms with van der Waals surface area (Å²) in [6, 6.07) is 12.2. The SMILES string of the molecule is COc1cccc(-c2nn(-c3cccc(C)c3C)c3c2CCN3)c1OC. The van der Waals surface area contributed by atoms with E-state index in [1.807, 2.05) is 22.9 Å². The highest BCUT2D eigenvalue weighted by Gasteiger charge is 2.27. The first-order chi connectivity index (χ1) is 12.7. The van der Waals surface area contributed by atoms with Crippen LogP contribution in [-0.4, -0.2) is 30.5 Å². The van der Waals surface area contributed by atoms with Crippen LogP contribution in [0.3, 0.4) is 0 Å². The van der Waals surface area contributed by atoms with Crippen molar-refractivity contribution < 1.29 is 9.47 Å². The van der Waals surface area contributed by atoms with Gasteiger partial charge in [0.25, 0.3) is 0 Å². The Balaban J connectivity index is 1.95. The minimum atomic E-state index is 0.714. The lowest BCUT2D eigenvalue weighted by atomic mass is 10.0. The lowest BCUT2D eigenvalue weighted by Crippen LogP contribution is -2.06. The van der Waals surface area contributed by atoms with Crippen molar-refractivity contribution in [2.45, 2.75) is 20.3 Å². The summed E-state index contributed by atoms with van der Waals surface area (Å²) in [7, 11) is 3.32. The number of hydrogen-bond donors (Lipinski definition) is 1. The second-order valence-corrected chi connectivity index (χ2v) is 6.52. The van der Waals surface area contributed by atoms with Crippen molar-refractivity contribution in [3.63, 3.8) is 0 Å². The van der Waals surface area contributed by atoms with Crippen molar-refractivity contribution in [2.75, 3.05) is 26.1 Å². The molecule has 2 heterocycles. The van der Waals surface area contributed by atoms with Crippen molar-refractivity contribution in [2.24, 2.45) is 0 Å². The lowest BCUT2D eigenvalue weighted by molar-refractivity contribution is 0.356. The Hall–Kier alpha value is -2.95. The smallest absolute Gasteiger partial charge is 0.170 e. The van der Waals surface area contributed by atoms with E-state index in [2.05, 4.69) is 37.4 Å². The Morgan fingerprint density at radius 1 is 1.04 bits per heavy atom. The number of anilines is 1. The third-order valence-corrected chi connectivity index (χ3v) is 5.11. The number of fused-ring (bicyclic) bond motifs is 1. The molecule has 1 N–H and O–H groups in total. The van der Waals surface area contributed by atoms with E-state index >= 15 is 0 Å². The van der Waals surface area contributed by atoms with Crippen LogP contribution in [0.1, 0.15) is 16.7 Å². The van der Waals surface area contributed by atoms with Crippen LogP contribution in [-0.2, 0) is 6.42 Å². The molecule has 0 radical (unpaired) electrons. The van der Waals surface area contributed by atoms with Gasteiger partial charge in [0, 0.05) is 17.7 Å². The molecule has 4 rings (SSSR count). The first-order valence-electron chi connectivity index (χ1n) is 8.79. The molecule has 0 atom stereocenters. The van der Waals surface area contributed by atoms with E-state index in [9.17, 15) is 0 Å². The lowest BCUT2D eigenvalue weighted by Gasteiger charge is -2.12. The highest BCUT2D eigenvalue weighted by molar-refractivity contribution is 5.79. The predicted molar refractivity (Wildman–Crippen MR) is 104 cm³/mol. The number of methoxy groups -OCH3 is 2. The number of rotatable bonds is 4.